The molecule has 3 N–H and O–H groups in total. The Labute approximate surface area is 119 Å². The maximum Gasteiger partial charge on any atom is 0.224 e. The topological polar surface area (TPSA) is 55.1 Å². The number of carbonyl (C=O) groups is 1. The number of nitrogens with one attached hydrogen (secondary N) is 1. The summed E-state index contributed by atoms with van der Waals surface area (Å²) in [5.74, 6) is 0.00426. The Bertz CT molecular complexity index is 590. The summed E-state index contributed by atoms with van der Waals surface area (Å²) >= 11 is 0. The monoisotopic (exact) mass is 268 g/mol. The number of benzene rings is 2. The van der Waals surface area contributed by atoms with Crippen molar-refractivity contribution in [2.75, 3.05) is 5.73 Å². The van der Waals surface area contributed by atoms with Gasteiger partial charge in [0.25, 0.3) is 0 Å². The number of para-hydroxylation sites is 1. The lowest BCUT2D eigenvalue weighted by Gasteiger charge is -2.16. The van der Waals surface area contributed by atoms with Gasteiger partial charge in [-0.1, -0.05) is 48.0 Å². The molecule has 0 aliphatic rings. The first-order valence-corrected chi connectivity index (χ1v) is 6.75. The molecule has 0 saturated carbocycles. The lowest BCUT2D eigenvalue weighted by molar-refractivity contribution is -0.121. The van der Waals surface area contributed by atoms with Crippen molar-refractivity contribution in [3.8, 4) is 0 Å². The normalized spacial score (nSPS) is 11.9. The molecule has 0 fully saturated rings. The number of nitrogen functional groups attached to an aromatic ring is 1. The Morgan fingerprint density at radius 3 is 2.45 bits per heavy atom. The van der Waals surface area contributed by atoms with E-state index in [1.807, 2.05) is 62.4 Å². The first-order chi connectivity index (χ1) is 9.56. The smallest absolute Gasteiger partial charge is 0.224 e. The molecule has 0 radical (unpaired) electrons. The maximum absolute atomic E-state index is 12.0. The number of hydrogen-bond donors (Lipinski definition) is 2. The van der Waals surface area contributed by atoms with Gasteiger partial charge in [0.05, 0.1) is 12.5 Å². The average molecular weight is 268 g/mol. The van der Waals surface area contributed by atoms with Gasteiger partial charge < -0.3 is 11.1 Å². The Kier molecular flexibility index (Phi) is 4.41. The third-order valence-corrected chi connectivity index (χ3v) is 3.33. The number of hydrogen-bond acceptors (Lipinski definition) is 2. The van der Waals surface area contributed by atoms with Crippen molar-refractivity contribution in [3.63, 3.8) is 0 Å². The standard InChI is InChI=1S/C17H20N2O/c1-12-7-9-14(10-8-12)11-17(20)19-13(2)15-5-3-4-6-16(15)18/h3-10,13H,11,18H2,1-2H3,(H,19,20). The summed E-state index contributed by atoms with van der Waals surface area (Å²) in [4.78, 5) is 12.0. The van der Waals surface area contributed by atoms with Crippen molar-refractivity contribution < 1.29 is 4.79 Å². The predicted molar refractivity (Wildman–Crippen MR) is 82.3 cm³/mol. The molecule has 0 aliphatic heterocycles. The van der Waals surface area contributed by atoms with E-state index in [-0.39, 0.29) is 11.9 Å². The maximum atomic E-state index is 12.0. The largest absolute Gasteiger partial charge is 0.398 e. The van der Waals surface area contributed by atoms with Crippen LogP contribution >= 0.6 is 0 Å². The first-order valence-electron chi connectivity index (χ1n) is 6.75. The third kappa shape index (κ3) is 3.60. The van der Waals surface area contributed by atoms with Crippen LogP contribution in [0.15, 0.2) is 48.5 Å². The number of nitrogens with two attached hydrogens (primary N) is 1. The molecule has 0 saturated heterocycles. The molecule has 0 bridgehead atoms. The lowest BCUT2D eigenvalue weighted by Crippen LogP contribution is -2.28. The van der Waals surface area contributed by atoms with E-state index in [4.69, 9.17) is 5.73 Å². The van der Waals surface area contributed by atoms with Gasteiger partial charge in [-0.2, -0.15) is 0 Å². The van der Waals surface area contributed by atoms with Gasteiger partial charge in [-0.15, -0.1) is 0 Å². The summed E-state index contributed by atoms with van der Waals surface area (Å²) < 4.78 is 0. The Morgan fingerprint density at radius 2 is 1.80 bits per heavy atom. The number of aryl methyl sites for hydroxylation is 1. The van der Waals surface area contributed by atoms with Gasteiger partial charge in [-0.3, -0.25) is 4.79 Å². The summed E-state index contributed by atoms with van der Waals surface area (Å²) in [7, 11) is 0. The molecule has 3 heteroatoms. The molecule has 2 aromatic rings. The zero-order chi connectivity index (χ0) is 14.5. The van der Waals surface area contributed by atoms with Gasteiger partial charge in [-0.05, 0) is 31.0 Å². The van der Waals surface area contributed by atoms with Crippen LogP contribution in [-0.2, 0) is 11.2 Å². The fraction of sp³-hybridized carbons (Fsp3) is 0.235. The van der Waals surface area contributed by atoms with Crippen LogP contribution in [0.25, 0.3) is 0 Å². The summed E-state index contributed by atoms with van der Waals surface area (Å²) in [6.07, 6.45) is 0.386. The van der Waals surface area contributed by atoms with Crippen molar-refractivity contribution in [2.24, 2.45) is 0 Å². The summed E-state index contributed by atoms with van der Waals surface area (Å²) in [5.41, 5.74) is 9.78. The van der Waals surface area contributed by atoms with Crippen molar-refractivity contribution in [2.45, 2.75) is 26.3 Å². The average Bonchev–Trinajstić information content (AvgIpc) is 2.41. The van der Waals surface area contributed by atoms with E-state index in [0.717, 1.165) is 11.1 Å². The highest BCUT2D eigenvalue weighted by Crippen LogP contribution is 2.19. The zero-order valence-corrected chi connectivity index (χ0v) is 11.9. The summed E-state index contributed by atoms with van der Waals surface area (Å²) in [6, 6.07) is 15.5. The van der Waals surface area contributed by atoms with E-state index >= 15 is 0 Å². The second-order valence-corrected chi connectivity index (χ2v) is 5.08. The zero-order valence-electron chi connectivity index (χ0n) is 11.9. The van der Waals surface area contributed by atoms with E-state index in [1.165, 1.54) is 5.56 Å². The minimum Gasteiger partial charge on any atom is -0.398 e. The highest BCUT2D eigenvalue weighted by Gasteiger charge is 2.12. The van der Waals surface area contributed by atoms with Crippen molar-refractivity contribution in [1.82, 2.24) is 5.32 Å². The molecule has 2 rings (SSSR count). The van der Waals surface area contributed by atoms with E-state index < -0.39 is 0 Å². The number of carbonyl (C=O) groups excluding carboxylic acids is 1. The minimum absolute atomic E-state index is 0.00426. The fourth-order valence-electron chi connectivity index (χ4n) is 2.17. The van der Waals surface area contributed by atoms with Gasteiger partial charge >= 0.3 is 0 Å². The van der Waals surface area contributed by atoms with Crippen LogP contribution in [0.2, 0.25) is 0 Å². The molecule has 1 amide bonds. The summed E-state index contributed by atoms with van der Waals surface area (Å²) in [5, 5.41) is 2.98. The number of anilines is 1. The predicted octanol–water partition coefficient (Wildman–Crippen LogP) is 3.00. The molecule has 0 heterocycles. The molecule has 2 aromatic carbocycles. The van der Waals surface area contributed by atoms with E-state index in [0.29, 0.717) is 12.1 Å². The number of amides is 1. The van der Waals surface area contributed by atoms with Gasteiger partial charge in [0.2, 0.25) is 5.91 Å². The van der Waals surface area contributed by atoms with Crippen molar-refractivity contribution >= 4 is 11.6 Å². The molecule has 3 nitrogen and oxygen atoms in total. The van der Waals surface area contributed by atoms with Gasteiger partial charge in [0, 0.05) is 5.69 Å². The fourth-order valence-corrected chi connectivity index (χ4v) is 2.17. The Hall–Kier alpha value is -2.29. The third-order valence-electron chi connectivity index (χ3n) is 3.33. The molecular formula is C17H20N2O. The molecule has 0 spiro atoms. The van der Waals surface area contributed by atoms with Gasteiger partial charge in [0.15, 0.2) is 0 Å². The first kappa shape index (κ1) is 14.1. The van der Waals surface area contributed by atoms with Gasteiger partial charge in [0.1, 0.15) is 0 Å². The molecule has 104 valence electrons. The van der Waals surface area contributed by atoms with E-state index in [1.54, 1.807) is 0 Å². The highest BCUT2D eigenvalue weighted by molar-refractivity contribution is 5.79. The van der Waals surface area contributed by atoms with Crippen molar-refractivity contribution in [3.05, 3.63) is 65.2 Å². The summed E-state index contributed by atoms with van der Waals surface area (Å²) in [6.45, 7) is 3.98. The van der Waals surface area contributed by atoms with Crippen LogP contribution in [0.5, 0.6) is 0 Å². The quantitative estimate of drug-likeness (QED) is 0.837. The lowest BCUT2D eigenvalue weighted by atomic mass is 10.1. The van der Waals surface area contributed by atoms with Crippen LogP contribution in [0.3, 0.4) is 0 Å². The highest BCUT2D eigenvalue weighted by atomic mass is 16.1. The van der Waals surface area contributed by atoms with Gasteiger partial charge in [-0.25, -0.2) is 0 Å². The van der Waals surface area contributed by atoms with E-state index in [9.17, 15) is 4.79 Å². The van der Waals surface area contributed by atoms with Crippen LogP contribution in [-0.4, -0.2) is 5.91 Å². The van der Waals surface area contributed by atoms with Crippen LogP contribution < -0.4 is 11.1 Å². The Balaban J connectivity index is 1.98. The van der Waals surface area contributed by atoms with Crippen molar-refractivity contribution in [1.29, 1.82) is 0 Å². The minimum atomic E-state index is -0.0888. The molecule has 1 unspecified atom stereocenters. The molecule has 0 aliphatic carbocycles. The molecule has 1 atom stereocenters. The SMILES string of the molecule is Cc1ccc(CC(=O)NC(C)c2ccccc2N)cc1. The number of rotatable bonds is 4. The molecule has 20 heavy (non-hydrogen) atoms. The molecular weight excluding hydrogens is 248 g/mol. The second-order valence-electron chi connectivity index (χ2n) is 5.08. The van der Waals surface area contributed by atoms with Crippen LogP contribution in [0.1, 0.15) is 29.7 Å². The van der Waals surface area contributed by atoms with Crippen LogP contribution in [0.4, 0.5) is 5.69 Å². The molecule has 0 aromatic heterocycles. The Morgan fingerprint density at radius 1 is 1.15 bits per heavy atom. The van der Waals surface area contributed by atoms with E-state index in [2.05, 4.69) is 5.32 Å². The second kappa shape index (κ2) is 6.24. The van der Waals surface area contributed by atoms with Crippen LogP contribution in [0, 0.1) is 6.92 Å².